The van der Waals surface area contributed by atoms with Crippen molar-refractivity contribution in [1.29, 1.82) is 0 Å². The van der Waals surface area contributed by atoms with Crippen LogP contribution in [0.5, 0.6) is 0 Å². The van der Waals surface area contributed by atoms with Gasteiger partial charge in [0.15, 0.2) is 0 Å². The first-order valence-corrected chi connectivity index (χ1v) is 4.50. The summed E-state index contributed by atoms with van der Waals surface area (Å²) in [6.45, 7) is 0. The van der Waals surface area contributed by atoms with Gasteiger partial charge in [-0.3, -0.25) is 14.9 Å². The molecule has 0 aliphatic carbocycles. The first-order chi connectivity index (χ1) is 6.56. The molecule has 0 fully saturated rings. The second-order valence-corrected chi connectivity index (χ2v) is 3.13. The van der Waals surface area contributed by atoms with Crippen LogP contribution >= 0.6 is 23.2 Å². The fourth-order valence-corrected chi connectivity index (χ4v) is 1.30. The molecule has 0 aliphatic heterocycles. The third-order valence-corrected chi connectivity index (χ3v) is 2.14. The molecule has 14 heavy (non-hydrogen) atoms. The molecule has 0 aromatic heterocycles. The molecule has 0 unspecified atom stereocenters. The third kappa shape index (κ3) is 2.21. The quantitative estimate of drug-likeness (QED) is 0.349. The van der Waals surface area contributed by atoms with Gasteiger partial charge in [-0.2, -0.15) is 0 Å². The minimum absolute atomic E-state index is 0.130. The van der Waals surface area contributed by atoms with Crippen LogP contribution in [0.15, 0.2) is 18.2 Å². The highest BCUT2D eigenvalue weighted by atomic mass is 35.5. The molecule has 0 radical (unpaired) electrons. The standard InChI is InChI=1S/C8H5Cl2NO3/c9-4-5-1-2-7(11(13)14)6(3-5)8(10)12/h1-3H,4H2. The number of hydrogen-bond donors (Lipinski definition) is 0. The van der Waals surface area contributed by atoms with E-state index < -0.39 is 10.2 Å². The van der Waals surface area contributed by atoms with Gasteiger partial charge in [0.25, 0.3) is 10.9 Å². The maximum Gasteiger partial charge on any atom is 0.281 e. The van der Waals surface area contributed by atoms with Gasteiger partial charge in [-0.05, 0) is 23.2 Å². The van der Waals surface area contributed by atoms with Crippen LogP contribution in [0.4, 0.5) is 5.69 Å². The lowest BCUT2D eigenvalue weighted by Gasteiger charge is -1.99. The Balaban J connectivity index is 3.31. The number of benzene rings is 1. The van der Waals surface area contributed by atoms with E-state index in [0.717, 1.165) is 0 Å². The van der Waals surface area contributed by atoms with Crippen molar-refractivity contribution < 1.29 is 9.72 Å². The molecule has 4 nitrogen and oxygen atoms in total. The molecular formula is C8H5Cl2NO3. The number of carbonyl (C=O) groups is 1. The van der Waals surface area contributed by atoms with Crippen LogP contribution < -0.4 is 0 Å². The van der Waals surface area contributed by atoms with Crippen molar-refractivity contribution >= 4 is 34.1 Å². The van der Waals surface area contributed by atoms with Crippen LogP contribution in [-0.4, -0.2) is 10.2 Å². The summed E-state index contributed by atoms with van der Waals surface area (Å²) >= 11 is 10.7. The normalized spacial score (nSPS) is 9.86. The third-order valence-electron chi connectivity index (χ3n) is 1.62. The summed E-state index contributed by atoms with van der Waals surface area (Å²) < 4.78 is 0. The predicted octanol–water partition coefficient (Wildman–Crippen LogP) is 2.71. The Morgan fingerprint density at radius 1 is 1.50 bits per heavy atom. The van der Waals surface area contributed by atoms with Crippen molar-refractivity contribution in [3.63, 3.8) is 0 Å². The largest absolute Gasteiger partial charge is 0.281 e. The van der Waals surface area contributed by atoms with Gasteiger partial charge in [0, 0.05) is 11.9 Å². The molecule has 0 spiro atoms. The van der Waals surface area contributed by atoms with Gasteiger partial charge in [-0.25, -0.2) is 0 Å². The Labute approximate surface area is 89.6 Å². The SMILES string of the molecule is O=C(Cl)c1cc(CCl)ccc1[N+](=O)[O-]. The topological polar surface area (TPSA) is 60.2 Å². The first-order valence-electron chi connectivity index (χ1n) is 3.59. The van der Waals surface area contributed by atoms with E-state index in [2.05, 4.69) is 0 Å². The van der Waals surface area contributed by atoms with E-state index in [1.165, 1.54) is 18.2 Å². The van der Waals surface area contributed by atoms with Crippen LogP contribution in [-0.2, 0) is 5.88 Å². The van der Waals surface area contributed by atoms with E-state index in [-0.39, 0.29) is 17.1 Å². The minimum atomic E-state index is -0.858. The molecule has 0 bridgehead atoms. The lowest BCUT2D eigenvalue weighted by Crippen LogP contribution is -1.99. The number of nitrogens with zero attached hydrogens (tertiary/aromatic N) is 1. The van der Waals surface area contributed by atoms with Gasteiger partial charge < -0.3 is 0 Å². The molecule has 1 rings (SSSR count). The Kier molecular flexibility index (Phi) is 3.43. The van der Waals surface area contributed by atoms with Crippen molar-refractivity contribution in [1.82, 2.24) is 0 Å². The van der Waals surface area contributed by atoms with Crippen molar-refractivity contribution in [2.45, 2.75) is 5.88 Å². The van der Waals surface area contributed by atoms with Gasteiger partial charge in [0.05, 0.1) is 4.92 Å². The maximum atomic E-state index is 10.9. The zero-order chi connectivity index (χ0) is 10.7. The number of halogens is 2. The lowest BCUT2D eigenvalue weighted by molar-refractivity contribution is -0.385. The fraction of sp³-hybridized carbons (Fsp3) is 0.125. The Bertz CT molecular complexity index is 392. The summed E-state index contributed by atoms with van der Waals surface area (Å²) in [5.74, 6) is 0.176. The summed E-state index contributed by atoms with van der Waals surface area (Å²) in [7, 11) is 0. The van der Waals surface area contributed by atoms with Gasteiger partial charge >= 0.3 is 0 Å². The van der Waals surface area contributed by atoms with Crippen LogP contribution in [0.2, 0.25) is 0 Å². The second kappa shape index (κ2) is 4.39. The Morgan fingerprint density at radius 2 is 2.14 bits per heavy atom. The summed E-state index contributed by atoms with van der Waals surface area (Å²) in [5.41, 5.74) is 0.176. The molecule has 0 amide bonds. The number of rotatable bonds is 3. The Morgan fingerprint density at radius 3 is 2.57 bits per heavy atom. The number of nitro groups is 1. The highest BCUT2D eigenvalue weighted by Gasteiger charge is 2.18. The monoisotopic (exact) mass is 233 g/mol. The summed E-state index contributed by atoms with van der Waals surface area (Å²) in [6, 6.07) is 4.02. The average molecular weight is 234 g/mol. The highest BCUT2D eigenvalue weighted by Crippen LogP contribution is 2.22. The molecule has 0 aliphatic rings. The zero-order valence-corrected chi connectivity index (χ0v) is 8.38. The minimum Gasteiger partial charge on any atom is -0.275 e. The predicted molar refractivity (Wildman–Crippen MR) is 52.8 cm³/mol. The summed E-state index contributed by atoms with van der Waals surface area (Å²) in [4.78, 5) is 20.7. The van der Waals surface area contributed by atoms with Crippen LogP contribution in [0.25, 0.3) is 0 Å². The number of carbonyl (C=O) groups excluding carboxylic acids is 1. The number of alkyl halides is 1. The molecule has 0 saturated carbocycles. The number of hydrogen-bond acceptors (Lipinski definition) is 3. The van der Waals surface area contributed by atoms with E-state index >= 15 is 0 Å². The molecule has 0 atom stereocenters. The number of nitro benzene ring substituents is 1. The molecule has 1 aromatic rings. The van der Waals surface area contributed by atoms with E-state index in [1.807, 2.05) is 0 Å². The smallest absolute Gasteiger partial charge is 0.275 e. The molecule has 1 aromatic carbocycles. The fourth-order valence-electron chi connectivity index (χ4n) is 0.983. The van der Waals surface area contributed by atoms with E-state index in [9.17, 15) is 14.9 Å². The summed E-state index contributed by atoms with van der Waals surface area (Å²) in [6.07, 6.45) is 0. The van der Waals surface area contributed by atoms with Gasteiger partial charge in [-0.1, -0.05) is 6.07 Å². The van der Waals surface area contributed by atoms with E-state index in [1.54, 1.807) is 0 Å². The summed E-state index contributed by atoms with van der Waals surface area (Å²) in [5, 5.41) is 9.63. The van der Waals surface area contributed by atoms with Crippen molar-refractivity contribution in [3.8, 4) is 0 Å². The van der Waals surface area contributed by atoms with Gasteiger partial charge in [-0.15, -0.1) is 11.6 Å². The van der Waals surface area contributed by atoms with Crippen molar-refractivity contribution in [3.05, 3.63) is 39.4 Å². The Hall–Kier alpha value is -1.13. The van der Waals surface area contributed by atoms with E-state index in [4.69, 9.17) is 23.2 Å². The van der Waals surface area contributed by atoms with Crippen LogP contribution in [0.1, 0.15) is 15.9 Å². The highest BCUT2D eigenvalue weighted by molar-refractivity contribution is 6.68. The van der Waals surface area contributed by atoms with Crippen molar-refractivity contribution in [2.24, 2.45) is 0 Å². The molecule has 6 heteroatoms. The zero-order valence-electron chi connectivity index (χ0n) is 6.87. The van der Waals surface area contributed by atoms with Crippen molar-refractivity contribution in [2.75, 3.05) is 0 Å². The second-order valence-electron chi connectivity index (χ2n) is 2.52. The van der Waals surface area contributed by atoms with E-state index in [0.29, 0.717) is 5.56 Å². The lowest BCUT2D eigenvalue weighted by atomic mass is 10.1. The first kappa shape index (κ1) is 10.9. The van der Waals surface area contributed by atoms with Gasteiger partial charge in [0.1, 0.15) is 5.56 Å². The maximum absolute atomic E-state index is 10.9. The van der Waals surface area contributed by atoms with Crippen LogP contribution in [0.3, 0.4) is 0 Å². The molecule has 0 N–H and O–H groups in total. The van der Waals surface area contributed by atoms with Crippen LogP contribution in [0, 0.1) is 10.1 Å². The average Bonchev–Trinajstić information content (AvgIpc) is 2.16. The molecule has 74 valence electrons. The molecule has 0 heterocycles. The molecule has 0 saturated heterocycles. The van der Waals surface area contributed by atoms with Gasteiger partial charge in [0.2, 0.25) is 0 Å². The molecular weight excluding hydrogens is 229 g/mol.